The number of ether oxygens (including phenoxy) is 1. The van der Waals surface area contributed by atoms with Crippen LogP contribution in [0.5, 0.6) is 0 Å². The summed E-state index contributed by atoms with van der Waals surface area (Å²) < 4.78 is 45.8. The molecule has 24 heavy (non-hydrogen) atoms. The summed E-state index contributed by atoms with van der Waals surface area (Å²) in [5, 5.41) is -0.222. The molecule has 0 spiro atoms. The van der Waals surface area contributed by atoms with Crippen LogP contribution in [0.15, 0.2) is 28.7 Å². The van der Waals surface area contributed by atoms with Crippen LogP contribution < -0.4 is 0 Å². The van der Waals surface area contributed by atoms with Crippen molar-refractivity contribution in [3.63, 3.8) is 0 Å². The van der Waals surface area contributed by atoms with Gasteiger partial charge in [0.15, 0.2) is 0 Å². The van der Waals surface area contributed by atoms with Crippen molar-refractivity contribution < 1.29 is 22.7 Å². The van der Waals surface area contributed by atoms with Gasteiger partial charge in [-0.05, 0) is 12.1 Å². The van der Waals surface area contributed by atoms with Crippen LogP contribution in [0.4, 0.5) is 18.0 Å². The standard InChI is InChI=1S/C14H12BrClF3N3O2/c1-21(13(23)24-2)7-22-11(16)10(20-12(22)14(17,18)19)8-3-5-9(15)6-4-8/h3-6H,7H2,1-2H3. The van der Waals surface area contributed by atoms with E-state index in [0.29, 0.717) is 5.56 Å². The van der Waals surface area contributed by atoms with Gasteiger partial charge >= 0.3 is 12.3 Å². The Morgan fingerprint density at radius 1 is 1.38 bits per heavy atom. The lowest BCUT2D eigenvalue weighted by Crippen LogP contribution is -2.31. The number of halogens is 5. The van der Waals surface area contributed by atoms with E-state index in [1.807, 2.05) is 0 Å². The second kappa shape index (κ2) is 7.02. The Hall–Kier alpha value is -1.74. The summed E-state index contributed by atoms with van der Waals surface area (Å²) in [6.45, 7) is -0.454. The van der Waals surface area contributed by atoms with Crippen LogP contribution in [-0.4, -0.2) is 34.7 Å². The summed E-state index contributed by atoms with van der Waals surface area (Å²) in [4.78, 5) is 16.0. The van der Waals surface area contributed by atoms with Gasteiger partial charge in [-0.15, -0.1) is 0 Å². The molecule has 0 unspecified atom stereocenters. The summed E-state index contributed by atoms with van der Waals surface area (Å²) in [6, 6.07) is 6.51. The van der Waals surface area contributed by atoms with Crippen LogP contribution in [0.3, 0.4) is 0 Å². The molecule has 130 valence electrons. The molecule has 5 nitrogen and oxygen atoms in total. The third kappa shape index (κ3) is 3.84. The summed E-state index contributed by atoms with van der Waals surface area (Å²) >= 11 is 9.36. The number of aromatic nitrogens is 2. The molecule has 0 radical (unpaired) electrons. The fraction of sp³-hybridized carbons (Fsp3) is 0.286. The average Bonchev–Trinajstić information content (AvgIpc) is 2.84. The molecule has 0 N–H and O–H groups in total. The molecule has 10 heteroatoms. The first-order chi connectivity index (χ1) is 11.1. The van der Waals surface area contributed by atoms with E-state index in [1.54, 1.807) is 24.3 Å². The molecule has 1 heterocycles. The van der Waals surface area contributed by atoms with Crippen LogP contribution >= 0.6 is 27.5 Å². The number of methoxy groups -OCH3 is 1. The van der Waals surface area contributed by atoms with Gasteiger partial charge in [0.1, 0.15) is 17.5 Å². The van der Waals surface area contributed by atoms with Gasteiger partial charge in [0, 0.05) is 17.1 Å². The van der Waals surface area contributed by atoms with Crippen molar-refractivity contribution in [2.75, 3.05) is 14.2 Å². The van der Waals surface area contributed by atoms with Gasteiger partial charge in [0.25, 0.3) is 0 Å². The summed E-state index contributed by atoms with van der Waals surface area (Å²) in [5.41, 5.74) is 0.405. The minimum atomic E-state index is -4.73. The summed E-state index contributed by atoms with van der Waals surface area (Å²) in [7, 11) is 2.42. The van der Waals surface area contributed by atoms with Crippen LogP contribution in [0.2, 0.25) is 5.15 Å². The van der Waals surface area contributed by atoms with Crippen molar-refractivity contribution in [3.8, 4) is 11.3 Å². The second-order valence-corrected chi connectivity index (χ2v) is 6.09. The van der Waals surface area contributed by atoms with Gasteiger partial charge in [0.2, 0.25) is 5.82 Å². The minimum absolute atomic E-state index is 0.0187. The van der Waals surface area contributed by atoms with Gasteiger partial charge in [-0.3, -0.25) is 9.47 Å². The first-order valence-electron chi connectivity index (χ1n) is 6.53. The van der Waals surface area contributed by atoms with E-state index < -0.39 is 24.8 Å². The molecule has 0 saturated carbocycles. The van der Waals surface area contributed by atoms with E-state index in [-0.39, 0.29) is 10.8 Å². The molecule has 1 amide bonds. The van der Waals surface area contributed by atoms with Gasteiger partial charge in [-0.25, -0.2) is 9.78 Å². The number of benzene rings is 1. The van der Waals surface area contributed by atoms with Crippen LogP contribution in [0.1, 0.15) is 5.82 Å². The van der Waals surface area contributed by atoms with Gasteiger partial charge in [0.05, 0.1) is 7.11 Å². The van der Waals surface area contributed by atoms with Crippen molar-refractivity contribution in [1.82, 2.24) is 14.5 Å². The topological polar surface area (TPSA) is 47.4 Å². The second-order valence-electron chi connectivity index (χ2n) is 4.82. The number of hydrogen-bond acceptors (Lipinski definition) is 3. The lowest BCUT2D eigenvalue weighted by atomic mass is 10.2. The number of hydrogen-bond donors (Lipinski definition) is 0. The van der Waals surface area contributed by atoms with E-state index in [0.717, 1.165) is 21.0 Å². The van der Waals surface area contributed by atoms with Gasteiger partial charge < -0.3 is 4.74 Å². The van der Waals surface area contributed by atoms with Crippen molar-refractivity contribution in [2.45, 2.75) is 12.8 Å². The van der Waals surface area contributed by atoms with Crippen molar-refractivity contribution in [3.05, 3.63) is 39.7 Å². The maximum atomic E-state index is 13.3. The number of alkyl halides is 3. The van der Waals surface area contributed by atoms with Gasteiger partial charge in [-0.2, -0.15) is 13.2 Å². The van der Waals surface area contributed by atoms with E-state index in [1.165, 1.54) is 7.05 Å². The normalized spacial score (nSPS) is 11.5. The predicted molar refractivity (Wildman–Crippen MR) is 85.5 cm³/mol. The SMILES string of the molecule is COC(=O)N(C)Cn1c(C(F)(F)F)nc(-c2ccc(Br)cc2)c1Cl. The smallest absolute Gasteiger partial charge is 0.449 e. The number of imidazole rings is 1. The Labute approximate surface area is 149 Å². The molecular formula is C14H12BrClF3N3O2. The molecular weight excluding hydrogens is 415 g/mol. The number of carbonyl (C=O) groups is 1. The number of nitrogens with zero attached hydrogens (tertiary/aromatic N) is 3. The maximum absolute atomic E-state index is 13.3. The zero-order valence-electron chi connectivity index (χ0n) is 12.6. The summed E-state index contributed by atoms with van der Waals surface area (Å²) in [5.74, 6) is -1.19. The van der Waals surface area contributed by atoms with Crippen LogP contribution in [-0.2, 0) is 17.6 Å². The number of carbonyl (C=O) groups excluding carboxylic acids is 1. The first kappa shape index (κ1) is 18.6. The average molecular weight is 427 g/mol. The maximum Gasteiger partial charge on any atom is 0.449 e. The Kier molecular flexibility index (Phi) is 5.44. The number of amides is 1. The Balaban J connectivity index is 2.52. The van der Waals surface area contributed by atoms with E-state index in [2.05, 4.69) is 25.7 Å². The lowest BCUT2D eigenvalue weighted by molar-refractivity contribution is -0.147. The predicted octanol–water partition coefficient (Wildman–Crippen LogP) is 4.64. The van der Waals surface area contributed by atoms with E-state index in [4.69, 9.17) is 11.6 Å². The molecule has 1 aromatic heterocycles. The first-order valence-corrected chi connectivity index (χ1v) is 7.70. The van der Waals surface area contributed by atoms with Gasteiger partial charge in [-0.1, -0.05) is 39.7 Å². The van der Waals surface area contributed by atoms with E-state index >= 15 is 0 Å². The molecule has 0 atom stereocenters. The van der Waals surface area contributed by atoms with Crippen LogP contribution in [0.25, 0.3) is 11.3 Å². The minimum Gasteiger partial charge on any atom is -0.453 e. The van der Waals surface area contributed by atoms with Crippen LogP contribution in [0, 0.1) is 0 Å². The highest BCUT2D eigenvalue weighted by molar-refractivity contribution is 9.10. The zero-order valence-corrected chi connectivity index (χ0v) is 14.9. The summed E-state index contributed by atoms with van der Waals surface area (Å²) in [6.07, 6.45) is -5.52. The fourth-order valence-electron chi connectivity index (χ4n) is 2.00. The molecule has 2 aromatic rings. The molecule has 0 aliphatic heterocycles. The Morgan fingerprint density at radius 3 is 2.46 bits per heavy atom. The van der Waals surface area contributed by atoms with Crippen molar-refractivity contribution in [2.24, 2.45) is 0 Å². The highest BCUT2D eigenvalue weighted by Gasteiger charge is 2.39. The van der Waals surface area contributed by atoms with Crippen molar-refractivity contribution in [1.29, 1.82) is 0 Å². The zero-order chi connectivity index (χ0) is 18.1. The fourth-order valence-corrected chi connectivity index (χ4v) is 2.54. The largest absolute Gasteiger partial charge is 0.453 e. The molecule has 0 bridgehead atoms. The monoisotopic (exact) mass is 425 g/mol. The van der Waals surface area contributed by atoms with E-state index in [9.17, 15) is 18.0 Å². The number of rotatable bonds is 3. The quantitative estimate of drug-likeness (QED) is 0.718. The highest BCUT2D eigenvalue weighted by Crippen LogP contribution is 2.36. The molecule has 0 fully saturated rings. The molecule has 0 saturated heterocycles. The lowest BCUT2D eigenvalue weighted by Gasteiger charge is -2.19. The third-order valence-corrected chi connectivity index (χ3v) is 4.03. The Morgan fingerprint density at radius 2 is 1.96 bits per heavy atom. The molecule has 0 aliphatic carbocycles. The highest BCUT2D eigenvalue weighted by atomic mass is 79.9. The third-order valence-electron chi connectivity index (χ3n) is 3.12. The van der Waals surface area contributed by atoms with Crippen molar-refractivity contribution >= 4 is 33.6 Å². The Bertz CT molecular complexity index is 747. The molecule has 0 aliphatic rings. The molecule has 2 rings (SSSR count). The molecule has 1 aromatic carbocycles.